The highest BCUT2D eigenvalue weighted by Crippen LogP contribution is 2.54. The van der Waals surface area contributed by atoms with E-state index in [1.807, 2.05) is 0 Å². The van der Waals surface area contributed by atoms with Crippen LogP contribution in [-0.2, 0) is 11.3 Å². The van der Waals surface area contributed by atoms with E-state index in [0.717, 1.165) is 44.2 Å². The Balaban J connectivity index is 1.25. The van der Waals surface area contributed by atoms with Crippen LogP contribution < -0.4 is 5.32 Å². The molecule has 1 heterocycles. The standard InChI is InChI=1S/C18H22N2O/c21-18(16-11-14-10-15(14)12-16)19-7-3-8-20-9-6-13-4-1-2-5-17(13)20/h1-2,4-6,9,14-16H,3,7-8,10-12H2,(H,19,21). The van der Waals surface area contributed by atoms with E-state index in [-0.39, 0.29) is 0 Å². The molecule has 1 aromatic heterocycles. The number of carbonyl (C=O) groups excluding carboxylic acids is 1. The number of nitrogens with one attached hydrogen (secondary N) is 1. The third-order valence-electron chi connectivity index (χ3n) is 5.17. The molecule has 1 N–H and O–H groups in total. The number of hydrogen-bond donors (Lipinski definition) is 1. The van der Waals surface area contributed by atoms with Gasteiger partial charge in [-0.1, -0.05) is 18.2 Å². The van der Waals surface area contributed by atoms with Crippen molar-refractivity contribution in [3.05, 3.63) is 36.5 Å². The summed E-state index contributed by atoms with van der Waals surface area (Å²) in [4.78, 5) is 12.1. The Bertz CT molecular complexity index is 650. The van der Waals surface area contributed by atoms with Crippen molar-refractivity contribution in [2.24, 2.45) is 17.8 Å². The quantitative estimate of drug-likeness (QED) is 0.840. The van der Waals surface area contributed by atoms with Crippen molar-refractivity contribution in [1.29, 1.82) is 0 Å². The first kappa shape index (κ1) is 12.9. The van der Waals surface area contributed by atoms with E-state index in [1.165, 1.54) is 17.3 Å². The highest BCUT2D eigenvalue weighted by atomic mass is 16.1. The number of carbonyl (C=O) groups is 1. The molecule has 0 saturated heterocycles. The van der Waals surface area contributed by atoms with Crippen LogP contribution in [0.5, 0.6) is 0 Å². The molecule has 1 amide bonds. The second-order valence-electron chi connectivity index (χ2n) is 6.64. The number of nitrogens with zero attached hydrogens (tertiary/aromatic N) is 1. The Hall–Kier alpha value is -1.77. The molecular formula is C18H22N2O. The van der Waals surface area contributed by atoms with Gasteiger partial charge in [0, 0.05) is 30.7 Å². The van der Waals surface area contributed by atoms with Gasteiger partial charge in [0.05, 0.1) is 0 Å². The molecule has 2 fully saturated rings. The molecule has 2 atom stereocenters. The Labute approximate surface area is 125 Å². The van der Waals surface area contributed by atoms with Gasteiger partial charge in [-0.05, 0) is 55.0 Å². The van der Waals surface area contributed by atoms with E-state index in [2.05, 4.69) is 46.4 Å². The zero-order chi connectivity index (χ0) is 14.2. The molecule has 3 nitrogen and oxygen atoms in total. The van der Waals surface area contributed by atoms with Crippen LogP contribution in [0.3, 0.4) is 0 Å². The second-order valence-corrected chi connectivity index (χ2v) is 6.64. The van der Waals surface area contributed by atoms with E-state index in [1.54, 1.807) is 0 Å². The Kier molecular flexibility index (Phi) is 3.21. The summed E-state index contributed by atoms with van der Waals surface area (Å²) in [5.74, 6) is 2.36. The molecule has 4 rings (SSSR count). The lowest BCUT2D eigenvalue weighted by molar-refractivity contribution is -0.125. The van der Waals surface area contributed by atoms with Crippen molar-refractivity contribution < 1.29 is 4.79 Å². The van der Waals surface area contributed by atoms with Crippen LogP contribution in [0.4, 0.5) is 0 Å². The number of fused-ring (bicyclic) bond motifs is 2. The molecule has 0 bridgehead atoms. The lowest BCUT2D eigenvalue weighted by atomic mass is 10.0. The molecule has 2 saturated carbocycles. The van der Waals surface area contributed by atoms with Crippen LogP contribution in [0.15, 0.2) is 36.5 Å². The number of hydrogen-bond acceptors (Lipinski definition) is 1. The third-order valence-corrected chi connectivity index (χ3v) is 5.17. The van der Waals surface area contributed by atoms with Gasteiger partial charge in [0.15, 0.2) is 0 Å². The number of amides is 1. The van der Waals surface area contributed by atoms with Gasteiger partial charge in [0.2, 0.25) is 5.91 Å². The summed E-state index contributed by atoms with van der Waals surface area (Å²) >= 11 is 0. The molecule has 0 aliphatic heterocycles. The topological polar surface area (TPSA) is 34.0 Å². The maximum Gasteiger partial charge on any atom is 0.223 e. The number of rotatable bonds is 5. The molecule has 2 aliphatic carbocycles. The van der Waals surface area contributed by atoms with Gasteiger partial charge in [-0.25, -0.2) is 0 Å². The predicted octanol–water partition coefficient (Wildman–Crippen LogP) is 3.19. The van der Waals surface area contributed by atoms with Crippen molar-refractivity contribution in [3.63, 3.8) is 0 Å². The van der Waals surface area contributed by atoms with Crippen LogP contribution in [0.1, 0.15) is 25.7 Å². The van der Waals surface area contributed by atoms with Crippen molar-refractivity contribution in [3.8, 4) is 0 Å². The van der Waals surface area contributed by atoms with E-state index < -0.39 is 0 Å². The summed E-state index contributed by atoms with van der Waals surface area (Å²) in [6.45, 7) is 1.75. The first-order chi connectivity index (χ1) is 10.3. The molecule has 2 aliphatic rings. The molecular weight excluding hydrogens is 260 g/mol. The van der Waals surface area contributed by atoms with Gasteiger partial charge >= 0.3 is 0 Å². The van der Waals surface area contributed by atoms with Gasteiger partial charge in [-0.15, -0.1) is 0 Å². The minimum absolute atomic E-state index is 0.291. The van der Waals surface area contributed by atoms with Crippen molar-refractivity contribution in [2.75, 3.05) is 6.54 Å². The average Bonchev–Trinajstić information content (AvgIpc) is 2.95. The molecule has 2 unspecified atom stereocenters. The normalized spacial score (nSPS) is 26.8. The fourth-order valence-electron chi connectivity index (χ4n) is 3.87. The van der Waals surface area contributed by atoms with Gasteiger partial charge in [-0.2, -0.15) is 0 Å². The molecule has 0 spiro atoms. The maximum atomic E-state index is 12.1. The summed E-state index contributed by atoms with van der Waals surface area (Å²) in [5, 5.41) is 4.41. The largest absolute Gasteiger partial charge is 0.356 e. The Morgan fingerprint density at radius 3 is 2.81 bits per heavy atom. The zero-order valence-electron chi connectivity index (χ0n) is 12.3. The van der Waals surface area contributed by atoms with Crippen LogP contribution in [0.25, 0.3) is 10.9 Å². The molecule has 2 aromatic rings. The number of aromatic nitrogens is 1. The van der Waals surface area contributed by atoms with Crippen LogP contribution in [0.2, 0.25) is 0 Å². The van der Waals surface area contributed by atoms with Crippen LogP contribution in [-0.4, -0.2) is 17.0 Å². The van der Waals surface area contributed by atoms with Crippen LogP contribution in [0, 0.1) is 17.8 Å². The van der Waals surface area contributed by atoms with Gasteiger partial charge < -0.3 is 9.88 Å². The molecule has 3 heteroatoms. The first-order valence-electron chi connectivity index (χ1n) is 8.13. The SMILES string of the molecule is O=C(NCCCn1ccc2ccccc21)C1CC2CC2C1. The molecule has 21 heavy (non-hydrogen) atoms. The first-order valence-corrected chi connectivity index (χ1v) is 8.13. The molecule has 0 radical (unpaired) electrons. The summed E-state index contributed by atoms with van der Waals surface area (Å²) in [7, 11) is 0. The fourth-order valence-corrected chi connectivity index (χ4v) is 3.87. The molecule has 1 aromatic carbocycles. The highest BCUT2D eigenvalue weighted by molar-refractivity contribution is 5.80. The number of aryl methyl sites for hydroxylation is 1. The second kappa shape index (κ2) is 5.21. The van der Waals surface area contributed by atoms with Gasteiger partial charge in [-0.3, -0.25) is 4.79 Å². The minimum Gasteiger partial charge on any atom is -0.356 e. The summed E-state index contributed by atoms with van der Waals surface area (Å²) in [6.07, 6.45) is 6.78. The van der Waals surface area contributed by atoms with Gasteiger partial charge in [0.1, 0.15) is 0 Å². The van der Waals surface area contributed by atoms with Crippen molar-refractivity contribution >= 4 is 16.8 Å². The van der Waals surface area contributed by atoms with E-state index in [4.69, 9.17) is 0 Å². The smallest absolute Gasteiger partial charge is 0.223 e. The summed E-state index contributed by atoms with van der Waals surface area (Å²) in [6, 6.07) is 10.6. The van der Waals surface area contributed by atoms with Gasteiger partial charge in [0.25, 0.3) is 0 Å². The predicted molar refractivity (Wildman–Crippen MR) is 83.9 cm³/mol. The molecule has 110 valence electrons. The third kappa shape index (κ3) is 2.57. The van der Waals surface area contributed by atoms with Crippen molar-refractivity contribution in [2.45, 2.75) is 32.2 Å². The summed E-state index contributed by atoms with van der Waals surface area (Å²) in [5.41, 5.74) is 1.28. The fraction of sp³-hybridized carbons (Fsp3) is 0.500. The van der Waals surface area contributed by atoms with Crippen molar-refractivity contribution in [1.82, 2.24) is 9.88 Å². The lowest BCUT2D eigenvalue weighted by Crippen LogP contribution is -2.31. The minimum atomic E-state index is 0.291. The number of para-hydroxylation sites is 1. The maximum absolute atomic E-state index is 12.1. The zero-order valence-corrected chi connectivity index (χ0v) is 12.3. The Morgan fingerprint density at radius 2 is 1.95 bits per heavy atom. The van der Waals surface area contributed by atoms with Crippen LogP contribution >= 0.6 is 0 Å². The lowest BCUT2D eigenvalue weighted by Gasteiger charge is -2.12. The Morgan fingerprint density at radius 1 is 1.14 bits per heavy atom. The average molecular weight is 282 g/mol. The summed E-state index contributed by atoms with van der Waals surface area (Å²) < 4.78 is 2.27. The number of benzene rings is 1. The monoisotopic (exact) mass is 282 g/mol. The highest BCUT2D eigenvalue weighted by Gasteiger charge is 2.47. The van der Waals surface area contributed by atoms with E-state index in [0.29, 0.717) is 11.8 Å². The van der Waals surface area contributed by atoms with E-state index >= 15 is 0 Å². The van der Waals surface area contributed by atoms with E-state index in [9.17, 15) is 4.79 Å².